The fraction of sp³-hybridized carbons (Fsp3) is 0.538. The Morgan fingerprint density at radius 2 is 2.05 bits per heavy atom. The molecule has 0 aromatic carbocycles. The molecule has 1 heterocycles. The molecule has 19 heavy (non-hydrogen) atoms. The number of thiophene rings is 1. The monoisotopic (exact) mass is 284 g/mol. The van der Waals surface area contributed by atoms with E-state index in [0.29, 0.717) is 32.5 Å². The second kappa shape index (κ2) is 8.66. The number of esters is 1. The van der Waals surface area contributed by atoms with Gasteiger partial charge < -0.3 is 15.4 Å². The third-order valence-electron chi connectivity index (χ3n) is 2.47. The normalized spacial score (nSPS) is 10.2. The first-order valence-corrected chi connectivity index (χ1v) is 7.09. The fourth-order valence-electron chi connectivity index (χ4n) is 1.53. The lowest BCUT2D eigenvalue weighted by molar-refractivity contribution is -0.139. The van der Waals surface area contributed by atoms with Crippen LogP contribution in [0.3, 0.4) is 0 Å². The first-order chi connectivity index (χ1) is 9.15. The molecule has 6 heteroatoms. The molecule has 0 saturated heterocycles. The average molecular weight is 284 g/mol. The Hall–Kier alpha value is -1.40. The number of carbonyl (C=O) groups excluding carboxylic acids is 2. The van der Waals surface area contributed by atoms with Crippen LogP contribution in [0.1, 0.15) is 23.1 Å². The van der Waals surface area contributed by atoms with E-state index in [1.54, 1.807) is 11.3 Å². The average Bonchev–Trinajstić information content (AvgIpc) is 2.82. The van der Waals surface area contributed by atoms with Crippen LogP contribution in [0.4, 0.5) is 0 Å². The lowest BCUT2D eigenvalue weighted by Gasteiger charge is -2.03. The van der Waals surface area contributed by atoms with Crippen LogP contribution in [0.25, 0.3) is 0 Å². The van der Waals surface area contributed by atoms with Gasteiger partial charge in [-0.1, -0.05) is 0 Å². The van der Waals surface area contributed by atoms with Crippen molar-refractivity contribution in [3.63, 3.8) is 0 Å². The highest BCUT2D eigenvalue weighted by atomic mass is 32.1. The van der Waals surface area contributed by atoms with Gasteiger partial charge in [-0.05, 0) is 19.1 Å². The zero-order valence-electron chi connectivity index (χ0n) is 11.3. The van der Waals surface area contributed by atoms with E-state index in [0.717, 1.165) is 9.75 Å². The van der Waals surface area contributed by atoms with E-state index < -0.39 is 0 Å². The van der Waals surface area contributed by atoms with Gasteiger partial charge in [0.1, 0.15) is 0 Å². The highest BCUT2D eigenvalue weighted by Gasteiger charge is 2.06. The van der Waals surface area contributed by atoms with Crippen LogP contribution >= 0.6 is 11.3 Å². The summed E-state index contributed by atoms with van der Waals surface area (Å²) in [5.74, 6) is -0.162. The van der Waals surface area contributed by atoms with Gasteiger partial charge in [0.2, 0.25) is 5.91 Å². The standard InChI is InChI=1S/C13H20N2O3S/c1-3-15-12(16)6-7-14-9-11-5-4-10(19-11)8-13(17)18-2/h4-5,14H,3,6-9H2,1-2H3,(H,15,16). The van der Waals surface area contributed by atoms with Crippen molar-refractivity contribution in [2.45, 2.75) is 26.3 Å². The molecular weight excluding hydrogens is 264 g/mol. The van der Waals surface area contributed by atoms with Gasteiger partial charge in [0.15, 0.2) is 0 Å². The van der Waals surface area contributed by atoms with Crippen LogP contribution in [0, 0.1) is 0 Å². The first-order valence-electron chi connectivity index (χ1n) is 6.27. The van der Waals surface area contributed by atoms with Crippen molar-refractivity contribution in [3.8, 4) is 0 Å². The number of methoxy groups -OCH3 is 1. The molecule has 2 N–H and O–H groups in total. The van der Waals surface area contributed by atoms with E-state index in [-0.39, 0.29) is 11.9 Å². The van der Waals surface area contributed by atoms with Crippen LogP contribution in [0.5, 0.6) is 0 Å². The Morgan fingerprint density at radius 3 is 2.74 bits per heavy atom. The number of rotatable bonds is 8. The topological polar surface area (TPSA) is 67.4 Å². The second-order valence-corrected chi connectivity index (χ2v) is 5.25. The minimum atomic E-state index is -0.224. The van der Waals surface area contributed by atoms with Crippen molar-refractivity contribution >= 4 is 23.2 Å². The van der Waals surface area contributed by atoms with Crippen molar-refractivity contribution in [1.82, 2.24) is 10.6 Å². The van der Waals surface area contributed by atoms with Crippen LogP contribution < -0.4 is 10.6 Å². The van der Waals surface area contributed by atoms with Gasteiger partial charge in [-0.15, -0.1) is 11.3 Å². The SMILES string of the molecule is CCNC(=O)CCNCc1ccc(CC(=O)OC)s1. The Labute approximate surface area is 117 Å². The summed E-state index contributed by atoms with van der Waals surface area (Å²) in [5.41, 5.74) is 0. The Bertz CT molecular complexity index is 418. The fourth-order valence-corrected chi connectivity index (χ4v) is 2.50. The predicted octanol–water partition coefficient (Wildman–Crippen LogP) is 1.08. The van der Waals surface area contributed by atoms with E-state index in [9.17, 15) is 9.59 Å². The Kier molecular flexibility index (Phi) is 7.14. The molecular formula is C13H20N2O3S. The molecule has 1 aromatic heterocycles. The molecule has 5 nitrogen and oxygen atoms in total. The van der Waals surface area contributed by atoms with Crippen molar-refractivity contribution in [3.05, 3.63) is 21.9 Å². The van der Waals surface area contributed by atoms with Gasteiger partial charge in [0.05, 0.1) is 13.5 Å². The third kappa shape index (κ3) is 6.35. The largest absolute Gasteiger partial charge is 0.469 e. The summed E-state index contributed by atoms with van der Waals surface area (Å²) in [6, 6.07) is 3.92. The van der Waals surface area contributed by atoms with Gasteiger partial charge in [0.25, 0.3) is 0 Å². The van der Waals surface area contributed by atoms with E-state index in [1.807, 2.05) is 19.1 Å². The maximum atomic E-state index is 11.2. The van der Waals surface area contributed by atoms with Crippen molar-refractivity contribution in [2.75, 3.05) is 20.2 Å². The summed E-state index contributed by atoms with van der Waals surface area (Å²) in [6.45, 7) is 3.93. The van der Waals surface area contributed by atoms with E-state index in [4.69, 9.17) is 0 Å². The maximum Gasteiger partial charge on any atom is 0.310 e. The van der Waals surface area contributed by atoms with Gasteiger partial charge in [-0.2, -0.15) is 0 Å². The molecule has 1 rings (SSSR count). The quantitative estimate of drug-likeness (QED) is 0.554. The van der Waals surface area contributed by atoms with Crippen LogP contribution in [0.15, 0.2) is 12.1 Å². The zero-order valence-corrected chi connectivity index (χ0v) is 12.1. The number of hydrogen-bond donors (Lipinski definition) is 2. The van der Waals surface area contributed by atoms with Gasteiger partial charge >= 0.3 is 5.97 Å². The molecule has 0 aliphatic rings. The van der Waals surface area contributed by atoms with Gasteiger partial charge in [0, 0.05) is 35.8 Å². The maximum absolute atomic E-state index is 11.2. The lowest BCUT2D eigenvalue weighted by atomic mass is 10.3. The van der Waals surface area contributed by atoms with Gasteiger partial charge in [-0.3, -0.25) is 9.59 Å². The number of nitrogens with one attached hydrogen (secondary N) is 2. The highest BCUT2D eigenvalue weighted by Crippen LogP contribution is 2.17. The molecule has 0 aliphatic carbocycles. The van der Waals surface area contributed by atoms with E-state index in [1.165, 1.54) is 7.11 Å². The minimum absolute atomic E-state index is 0.0626. The molecule has 0 unspecified atom stereocenters. The molecule has 0 fully saturated rings. The summed E-state index contributed by atoms with van der Waals surface area (Å²) in [7, 11) is 1.39. The molecule has 0 atom stereocenters. The number of ether oxygens (including phenoxy) is 1. The van der Waals surface area contributed by atoms with Crippen molar-refractivity contribution in [1.29, 1.82) is 0 Å². The lowest BCUT2D eigenvalue weighted by Crippen LogP contribution is -2.27. The third-order valence-corrected chi connectivity index (χ3v) is 3.55. The van der Waals surface area contributed by atoms with Crippen molar-refractivity contribution < 1.29 is 14.3 Å². The van der Waals surface area contributed by atoms with Crippen molar-refractivity contribution in [2.24, 2.45) is 0 Å². The Morgan fingerprint density at radius 1 is 1.32 bits per heavy atom. The number of amides is 1. The summed E-state index contributed by atoms with van der Waals surface area (Å²) in [5, 5.41) is 5.95. The summed E-state index contributed by atoms with van der Waals surface area (Å²) < 4.78 is 4.62. The molecule has 1 amide bonds. The second-order valence-electron chi connectivity index (χ2n) is 4.00. The molecule has 106 valence electrons. The summed E-state index contributed by atoms with van der Waals surface area (Å²) in [4.78, 5) is 24.5. The Balaban J connectivity index is 2.23. The minimum Gasteiger partial charge on any atom is -0.469 e. The van der Waals surface area contributed by atoms with E-state index >= 15 is 0 Å². The summed E-state index contributed by atoms with van der Waals surface area (Å²) >= 11 is 1.58. The smallest absolute Gasteiger partial charge is 0.310 e. The van der Waals surface area contributed by atoms with Crippen LogP contribution in [-0.4, -0.2) is 32.1 Å². The first kappa shape index (κ1) is 15.7. The van der Waals surface area contributed by atoms with Crippen LogP contribution in [-0.2, 0) is 27.3 Å². The van der Waals surface area contributed by atoms with Crippen LogP contribution in [0.2, 0.25) is 0 Å². The predicted molar refractivity (Wildman–Crippen MR) is 75.0 cm³/mol. The molecule has 0 aliphatic heterocycles. The number of carbonyl (C=O) groups is 2. The molecule has 0 radical (unpaired) electrons. The summed E-state index contributed by atoms with van der Waals surface area (Å²) in [6.07, 6.45) is 0.800. The molecule has 1 aromatic rings. The van der Waals surface area contributed by atoms with Gasteiger partial charge in [-0.25, -0.2) is 0 Å². The molecule has 0 saturated carbocycles. The molecule has 0 bridgehead atoms. The zero-order chi connectivity index (χ0) is 14.1. The number of hydrogen-bond acceptors (Lipinski definition) is 5. The highest BCUT2D eigenvalue weighted by molar-refractivity contribution is 7.12. The van der Waals surface area contributed by atoms with E-state index in [2.05, 4.69) is 15.4 Å². The molecule has 0 spiro atoms.